The van der Waals surface area contributed by atoms with Crippen LogP contribution in [0.2, 0.25) is 0 Å². The van der Waals surface area contributed by atoms with E-state index < -0.39 is 35.1 Å². The zero-order valence-corrected chi connectivity index (χ0v) is 25.8. The highest BCUT2D eigenvalue weighted by Gasteiger charge is 2.45. The molecular weight excluding hydrogens is 613 g/mol. The number of piperazine rings is 1. The summed E-state index contributed by atoms with van der Waals surface area (Å²) in [5.74, 6) is -2.35. The Morgan fingerprint density at radius 2 is 1.82 bits per heavy atom. The van der Waals surface area contributed by atoms with Crippen LogP contribution in [0.15, 0.2) is 30.4 Å². The fraction of sp³-hybridized carbons (Fsp3) is 0.452. The van der Waals surface area contributed by atoms with Crippen molar-refractivity contribution in [3.8, 4) is 17.1 Å². The van der Waals surface area contributed by atoms with Gasteiger partial charge in [-0.3, -0.25) is 4.90 Å². The van der Waals surface area contributed by atoms with E-state index in [1.165, 1.54) is 6.07 Å². The number of ether oxygens (including phenoxy) is 1. The van der Waals surface area contributed by atoms with Gasteiger partial charge in [0, 0.05) is 36.6 Å². The zero-order chi connectivity index (χ0) is 31.9. The van der Waals surface area contributed by atoms with Gasteiger partial charge in [-0.05, 0) is 63.0 Å². The summed E-state index contributed by atoms with van der Waals surface area (Å²) < 4.78 is 79.3. The number of nitrogens with zero attached hydrogens (tertiary/aromatic N) is 5. The minimum Gasteiger partial charge on any atom is -0.461 e. The van der Waals surface area contributed by atoms with Crippen LogP contribution < -0.4 is 20.7 Å². The van der Waals surface area contributed by atoms with Crippen molar-refractivity contribution in [3.63, 3.8) is 0 Å². The molecule has 5 heterocycles. The van der Waals surface area contributed by atoms with E-state index in [1.807, 2.05) is 13.8 Å². The van der Waals surface area contributed by atoms with Gasteiger partial charge in [0.2, 0.25) is 0 Å². The van der Waals surface area contributed by atoms with Crippen LogP contribution in [0.25, 0.3) is 32.2 Å². The molecule has 0 radical (unpaired) electrons. The molecule has 7 rings (SSSR count). The molecule has 2 aromatic heterocycles. The lowest BCUT2D eigenvalue weighted by Gasteiger charge is -2.34. The largest absolute Gasteiger partial charge is 0.461 e. The summed E-state index contributed by atoms with van der Waals surface area (Å²) in [4.78, 5) is 17.2. The van der Waals surface area contributed by atoms with Crippen molar-refractivity contribution in [3.05, 3.63) is 47.8 Å². The van der Waals surface area contributed by atoms with Crippen molar-refractivity contribution in [1.82, 2.24) is 25.2 Å². The van der Waals surface area contributed by atoms with Crippen LogP contribution in [0, 0.1) is 17.5 Å². The van der Waals surface area contributed by atoms with E-state index in [9.17, 15) is 13.2 Å². The molecular formula is C31H34F5N7OS. The van der Waals surface area contributed by atoms with Gasteiger partial charge in [0.1, 0.15) is 29.6 Å². The molecule has 4 aromatic rings. The molecule has 0 spiro atoms. The molecule has 1 atom stereocenters. The molecule has 0 amide bonds. The highest BCUT2D eigenvalue weighted by molar-refractivity contribution is 7.22. The number of aromatic nitrogens is 3. The topological polar surface area (TPSA) is 92.4 Å². The number of benzene rings is 2. The van der Waals surface area contributed by atoms with Crippen molar-refractivity contribution in [2.24, 2.45) is 0 Å². The maximum atomic E-state index is 16.5. The number of hydrogen-bond donors (Lipinski definition) is 2. The van der Waals surface area contributed by atoms with Crippen molar-refractivity contribution >= 4 is 43.4 Å². The van der Waals surface area contributed by atoms with E-state index in [0.717, 1.165) is 68.3 Å². The fourth-order valence-electron chi connectivity index (χ4n) is 6.80. The second kappa shape index (κ2) is 12.6. The summed E-state index contributed by atoms with van der Waals surface area (Å²) in [5.41, 5.74) is 5.10. The summed E-state index contributed by atoms with van der Waals surface area (Å²) in [5, 5.41) is 3.13. The van der Waals surface area contributed by atoms with Crippen LogP contribution >= 0.6 is 11.3 Å². The third-order valence-corrected chi connectivity index (χ3v) is 9.63. The van der Waals surface area contributed by atoms with E-state index in [-0.39, 0.29) is 55.7 Å². The second-order valence-corrected chi connectivity index (χ2v) is 12.3. The molecule has 0 bridgehead atoms. The van der Waals surface area contributed by atoms with E-state index >= 15 is 8.78 Å². The van der Waals surface area contributed by atoms with Gasteiger partial charge in [0.25, 0.3) is 6.08 Å². The van der Waals surface area contributed by atoms with Gasteiger partial charge in [-0.1, -0.05) is 25.2 Å². The Hall–Kier alpha value is -3.62. The summed E-state index contributed by atoms with van der Waals surface area (Å²) in [6.45, 7) is 7.06. The smallest absolute Gasteiger partial charge is 0.319 e. The van der Waals surface area contributed by atoms with Crippen LogP contribution in [0.4, 0.5) is 32.9 Å². The van der Waals surface area contributed by atoms with Gasteiger partial charge in [0.05, 0.1) is 21.3 Å². The van der Waals surface area contributed by atoms with Crippen molar-refractivity contribution in [2.45, 2.75) is 51.1 Å². The third kappa shape index (κ3) is 5.79. The zero-order valence-electron chi connectivity index (χ0n) is 25.0. The lowest BCUT2D eigenvalue weighted by molar-refractivity contribution is 0.108. The average molecular weight is 648 g/mol. The number of nitrogens with two attached hydrogens (primary N) is 1. The molecule has 14 heteroatoms. The lowest BCUT2D eigenvalue weighted by atomic mass is 9.95. The van der Waals surface area contributed by atoms with Crippen LogP contribution in [0.3, 0.4) is 0 Å². The average Bonchev–Trinajstić information content (AvgIpc) is 3.72. The monoisotopic (exact) mass is 647 g/mol. The maximum absolute atomic E-state index is 16.5. The van der Waals surface area contributed by atoms with E-state index in [4.69, 9.17) is 10.5 Å². The van der Waals surface area contributed by atoms with Gasteiger partial charge >= 0.3 is 6.01 Å². The quantitative estimate of drug-likeness (QED) is 0.229. The minimum atomic E-state index is -1.83. The van der Waals surface area contributed by atoms with Crippen LogP contribution in [0.1, 0.15) is 39.5 Å². The first-order valence-corrected chi connectivity index (χ1v) is 16.0. The SMILES string of the molecule is CC.Nc1nc2c(-c3c(F)cc4c(N5CCNC(C=C(F)F)C5)nc(OCC56CCCN5CCC6)nc4c3F)ccc(F)c2s1. The molecule has 0 aliphatic carbocycles. The number of anilines is 2. The maximum Gasteiger partial charge on any atom is 0.319 e. The van der Waals surface area contributed by atoms with Crippen LogP contribution in [-0.4, -0.2) is 70.8 Å². The number of nitrogen functional groups attached to an aromatic ring is 1. The Bertz CT molecular complexity index is 1750. The van der Waals surface area contributed by atoms with Crippen molar-refractivity contribution in [2.75, 3.05) is 50.0 Å². The summed E-state index contributed by atoms with van der Waals surface area (Å²) in [6.07, 6.45) is 3.02. The molecule has 3 N–H and O–H groups in total. The Morgan fingerprint density at radius 3 is 2.56 bits per heavy atom. The Balaban J connectivity index is 0.00000175. The highest BCUT2D eigenvalue weighted by Crippen LogP contribution is 2.42. The number of fused-ring (bicyclic) bond motifs is 3. The van der Waals surface area contributed by atoms with Crippen molar-refractivity contribution in [1.29, 1.82) is 0 Å². The predicted octanol–water partition coefficient (Wildman–Crippen LogP) is 6.50. The summed E-state index contributed by atoms with van der Waals surface area (Å²) in [6, 6.07) is 2.71. The van der Waals surface area contributed by atoms with Gasteiger partial charge in [-0.15, -0.1) is 0 Å². The number of hydrogen-bond acceptors (Lipinski definition) is 9. The molecule has 240 valence electrons. The molecule has 8 nitrogen and oxygen atoms in total. The van der Waals surface area contributed by atoms with Gasteiger partial charge < -0.3 is 20.7 Å². The molecule has 2 aromatic carbocycles. The van der Waals surface area contributed by atoms with Crippen LogP contribution in [-0.2, 0) is 0 Å². The lowest BCUT2D eigenvalue weighted by Crippen LogP contribution is -2.50. The Kier molecular flexibility index (Phi) is 8.81. The second-order valence-electron chi connectivity index (χ2n) is 11.3. The first-order valence-electron chi connectivity index (χ1n) is 15.2. The molecule has 3 aliphatic rings. The molecule has 3 aliphatic heterocycles. The molecule has 3 fully saturated rings. The summed E-state index contributed by atoms with van der Waals surface area (Å²) >= 11 is 0.883. The normalized spacial score (nSPS) is 19.4. The van der Waals surface area contributed by atoms with Gasteiger partial charge in [-0.2, -0.15) is 18.7 Å². The van der Waals surface area contributed by atoms with E-state index in [2.05, 4.69) is 25.2 Å². The molecule has 45 heavy (non-hydrogen) atoms. The number of nitrogens with one attached hydrogen (secondary N) is 1. The number of thiazole rings is 1. The Morgan fingerprint density at radius 1 is 1.07 bits per heavy atom. The van der Waals surface area contributed by atoms with Crippen molar-refractivity contribution < 1.29 is 26.7 Å². The molecule has 1 unspecified atom stereocenters. The predicted molar refractivity (Wildman–Crippen MR) is 166 cm³/mol. The highest BCUT2D eigenvalue weighted by atomic mass is 32.1. The Labute approximate surface area is 261 Å². The number of rotatable bonds is 6. The first-order chi connectivity index (χ1) is 21.7. The fourth-order valence-corrected chi connectivity index (χ4v) is 7.56. The van der Waals surface area contributed by atoms with Gasteiger partial charge in [0.15, 0.2) is 10.9 Å². The molecule has 3 saturated heterocycles. The van der Waals surface area contributed by atoms with Crippen LogP contribution in [0.5, 0.6) is 6.01 Å². The van der Waals surface area contributed by atoms with E-state index in [0.29, 0.717) is 19.7 Å². The minimum absolute atomic E-state index is 0.0288. The van der Waals surface area contributed by atoms with Gasteiger partial charge in [-0.25, -0.2) is 18.2 Å². The summed E-state index contributed by atoms with van der Waals surface area (Å²) in [7, 11) is 0. The number of halogens is 5. The molecule has 0 saturated carbocycles. The first kappa shape index (κ1) is 31.4. The standard InChI is InChI=1S/C29H28F5N7OS.C2H6/c30-18-4-3-16(24-25(18)43-27(35)37-24)21-19(31)12-17-23(22(21)34)38-28(42-14-29-5-1-8-41(29)9-2-6-29)39-26(17)40-10-7-36-15(13-40)11-20(32)33;1-2/h3-4,11-12,15,36H,1-2,5-10,13-14H2,(H2,35,37);1-2H3. The van der Waals surface area contributed by atoms with E-state index in [1.54, 1.807) is 4.90 Å². The third-order valence-electron chi connectivity index (χ3n) is 8.74.